The van der Waals surface area contributed by atoms with Crippen LogP contribution in [-0.2, 0) is 5.41 Å². The number of fused-ring (bicyclic) bond motifs is 6. The molecule has 0 bridgehead atoms. The maximum Gasteiger partial charge on any atom is 0.160 e. The van der Waals surface area contributed by atoms with E-state index in [0.29, 0.717) is 5.82 Å². The van der Waals surface area contributed by atoms with Gasteiger partial charge in [0.1, 0.15) is 11.2 Å². The van der Waals surface area contributed by atoms with Crippen LogP contribution in [0.4, 0.5) is 0 Å². The predicted molar refractivity (Wildman–Crippen MR) is 265 cm³/mol. The Morgan fingerprint density at radius 1 is 0.312 bits per heavy atom. The molecule has 3 heteroatoms. The van der Waals surface area contributed by atoms with Gasteiger partial charge in [0.05, 0.1) is 11.4 Å². The number of nitrogens with zero attached hydrogens (tertiary/aromatic N) is 2. The van der Waals surface area contributed by atoms with Crippen LogP contribution < -0.4 is 0 Å². The summed E-state index contributed by atoms with van der Waals surface area (Å²) in [5.41, 5.74) is 20.9. The highest BCUT2D eigenvalue weighted by Gasteiger charge is 2.36. The van der Waals surface area contributed by atoms with E-state index >= 15 is 0 Å². The molecule has 2 heterocycles. The van der Waals surface area contributed by atoms with Gasteiger partial charge in [0.2, 0.25) is 0 Å². The Morgan fingerprint density at radius 3 is 1.53 bits per heavy atom. The first-order valence-corrected chi connectivity index (χ1v) is 22.0. The second-order valence-electron chi connectivity index (χ2n) is 17.4. The summed E-state index contributed by atoms with van der Waals surface area (Å²) in [5.74, 6) is 0.681. The van der Waals surface area contributed by atoms with Crippen molar-refractivity contribution in [3.8, 4) is 89.5 Å². The first kappa shape index (κ1) is 37.6. The van der Waals surface area contributed by atoms with Crippen molar-refractivity contribution in [1.82, 2.24) is 9.97 Å². The Balaban J connectivity index is 1.01. The third-order valence-electron chi connectivity index (χ3n) is 13.1. The van der Waals surface area contributed by atoms with Crippen LogP contribution in [0.5, 0.6) is 0 Å². The smallest absolute Gasteiger partial charge is 0.160 e. The molecule has 0 atom stereocenters. The van der Waals surface area contributed by atoms with E-state index in [1.807, 2.05) is 18.2 Å². The minimum atomic E-state index is -0.181. The van der Waals surface area contributed by atoms with E-state index in [1.54, 1.807) is 0 Å². The summed E-state index contributed by atoms with van der Waals surface area (Å²) >= 11 is 0. The van der Waals surface area contributed by atoms with E-state index < -0.39 is 0 Å². The zero-order valence-electron chi connectivity index (χ0n) is 35.6. The lowest BCUT2D eigenvalue weighted by atomic mass is 9.80. The third-order valence-corrected chi connectivity index (χ3v) is 13.1. The topological polar surface area (TPSA) is 38.9 Å². The average molecular weight is 819 g/mol. The minimum absolute atomic E-state index is 0.181. The number of rotatable bonds is 7. The molecule has 12 rings (SSSR count). The summed E-state index contributed by atoms with van der Waals surface area (Å²) in [6, 6.07) is 78.0. The molecule has 64 heavy (non-hydrogen) atoms. The molecule has 11 aromatic rings. The molecular weight excluding hydrogens is 777 g/mol. The molecule has 0 saturated carbocycles. The predicted octanol–water partition coefficient (Wildman–Crippen LogP) is 16.4. The molecule has 3 nitrogen and oxygen atoms in total. The van der Waals surface area contributed by atoms with E-state index in [2.05, 4.69) is 214 Å². The van der Waals surface area contributed by atoms with Crippen LogP contribution >= 0.6 is 0 Å². The molecule has 0 spiro atoms. The second-order valence-corrected chi connectivity index (χ2v) is 17.4. The fraction of sp³-hybridized carbons (Fsp3) is 0.0492. The number of benzene rings is 9. The highest BCUT2D eigenvalue weighted by Crippen LogP contribution is 2.51. The number of aromatic nitrogens is 2. The second kappa shape index (κ2) is 15.0. The lowest BCUT2D eigenvalue weighted by Crippen LogP contribution is -2.15. The van der Waals surface area contributed by atoms with Crippen molar-refractivity contribution < 1.29 is 4.42 Å². The Hall–Kier alpha value is -8.14. The molecule has 9 aromatic carbocycles. The number of hydrogen-bond acceptors (Lipinski definition) is 3. The van der Waals surface area contributed by atoms with E-state index in [1.165, 1.54) is 33.4 Å². The maximum atomic E-state index is 6.23. The van der Waals surface area contributed by atoms with Gasteiger partial charge in [0, 0.05) is 32.9 Å². The third kappa shape index (κ3) is 6.44. The van der Waals surface area contributed by atoms with Gasteiger partial charge in [0.15, 0.2) is 5.82 Å². The molecule has 0 radical (unpaired) electrons. The number of hydrogen-bond donors (Lipinski definition) is 0. The van der Waals surface area contributed by atoms with Crippen molar-refractivity contribution in [2.45, 2.75) is 19.3 Å². The number of para-hydroxylation sites is 1. The number of furan rings is 1. The van der Waals surface area contributed by atoms with Crippen LogP contribution in [0.25, 0.3) is 111 Å². The van der Waals surface area contributed by atoms with Gasteiger partial charge in [-0.25, -0.2) is 9.97 Å². The zero-order chi connectivity index (χ0) is 42.8. The summed E-state index contributed by atoms with van der Waals surface area (Å²) < 4.78 is 6.23. The summed E-state index contributed by atoms with van der Waals surface area (Å²) in [6.07, 6.45) is 0. The highest BCUT2D eigenvalue weighted by molar-refractivity contribution is 6.06. The standard InChI is InChI=1S/C61H42N2O/c1-61(2)54-36-43(39-16-6-3-7-17-39)26-29-49(54)50-30-27-44(37-55(50)61)48-22-12-13-23-51(48)57-38-56(62-60(63-57)41-20-10-5-11-21-41)47-33-45(40-18-8-4-9-19-40)32-46(34-47)42-28-31-59-53(35-42)52-24-14-15-25-58(52)64-59/h3-38H,1-2H3. The Kier molecular flexibility index (Phi) is 8.84. The van der Waals surface area contributed by atoms with Crippen LogP contribution in [0.2, 0.25) is 0 Å². The maximum absolute atomic E-state index is 6.23. The van der Waals surface area contributed by atoms with E-state index in [4.69, 9.17) is 14.4 Å². The fourth-order valence-electron chi connectivity index (χ4n) is 9.77. The van der Waals surface area contributed by atoms with E-state index in [-0.39, 0.29) is 5.41 Å². The van der Waals surface area contributed by atoms with Gasteiger partial charge in [-0.2, -0.15) is 0 Å². The molecule has 1 aliphatic rings. The first-order valence-electron chi connectivity index (χ1n) is 22.0. The normalized spacial score (nSPS) is 12.7. The Morgan fingerprint density at radius 2 is 0.812 bits per heavy atom. The van der Waals surface area contributed by atoms with Crippen LogP contribution in [-0.4, -0.2) is 9.97 Å². The quantitative estimate of drug-likeness (QED) is 0.161. The van der Waals surface area contributed by atoms with Gasteiger partial charge < -0.3 is 4.42 Å². The van der Waals surface area contributed by atoms with Crippen LogP contribution in [0, 0.1) is 0 Å². The molecule has 1 aliphatic carbocycles. The van der Waals surface area contributed by atoms with Gasteiger partial charge in [0.25, 0.3) is 0 Å². The van der Waals surface area contributed by atoms with Crippen molar-refractivity contribution in [3.05, 3.63) is 230 Å². The zero-order valence-corrected chi connectivity index (χ0v) is 35.6. The summed E-state index contributed by atoms with van der Waals surface area (Å²) in [4.78, 5) is 10.7. The van der Waals surface area contributed by atoms with Gasteiger partial charge in [-0.15, -0.1) is 0 Å². The SMILES string of the molecule is CC1(C)c2cc(-c3ccccc3)ccc2-c2ccc(-c3ccccc3-c3cc(-c4cc(-c5ccccc5)cc(-c5ccc6oc7ccccc7c6c5)c4)nc(-c4ccccc4)n3)cc21. The first-order chi connectivity index (χ1) is 31.4. The van der Waals surface area contributed by atoms with Crippen molar-refractivity contribution in [1.29, 1.82) is 0 Å². The fourth-order valence-corrected chi connectivity index (χ4v) is 9.77. The lowest BCUT2D eigenvalue weighted by Gasteiger charge is -2.23. The van der Waals surface area contributed by atoms with Gasteiger partial charge in [-0.3, -0.25) is 0 Å². The van der Waals surface area contributed by atoms with E-state index in [0.717, 1.165) is 83.4 Å². The molecule has 302 valence electrons. The Bertz CT molecular complexity index is 3570. The van der Waals surface area contributed by atoms with Gasteiger partial charge in [-0.05, 0) is 121 Å². The largest absolute Gasteiger partial charge is 0.456 e. The molecule has 0 unspecified atom stereocenters. The van der Waals surface area contributed by atoms with Crippen molar-refractivity contribution >= 4 is 21.9 Å². The van der Waals surface area contributed by atoms with Crippen LogP contribution in [0.3, 0.4) is 0 Å². The van der Waals surface area contributed by atoms with Gasteiger partial charge >= 0.3 is 0 Å². The van der Waals surface area contributed by atoms with E-state index in [9.17, 15) is 0 Å². The van der Waals surface area contributed by atoms with Crippen molar-refractivity contribution in [2.24, 2.45) is 0 Å². The monoisotopic (exact) mass is 818 g/mol. The molecule has 0 saturated heterocycles. The van der Waals surface area contributed by atoms with Crippen molar-refractivity contribution in [3.63, 3.8) is 0 Å². The molecule has 2 aromatic heterocycles. The summed E-state index contributed by atoms with van der Waals surface area (Å²) in [7, 11) is 0. The van der Waals surface area contributed by atoms with Crippen molar-refractivity contribution in [2.75, 3.05) is 0 Å². The molecule has 0 fully saturated rings. The Labute approximate surface area is 373 Å². The average Bonchev–Trinajstić information content (AvgIpc) is 3.85. The van der Waals surface area contributed by atoms with Crippen LogP contribution in [0.1, 0.15) is 25.0 Å². The van der Waals surface area contributed by atoms with Gasteiger partial charge in [-0.1, -0.05) is 178 Å². The molecule has 0 amide bonds. The molecule has 0 N–H and O–H groups in total. The lowest BCUT2D eigenvalue weighted by molar-refractivity contribution is 0.661. The molecule has 0 aliphatic heterocycles. The minimum Gasteiger partial charge on any atom is -0.456 e. The molecular formula is C61H42N2O. The van der Waals surface area contributed by atoms with Crippen LogP contribution in [0.15, 0.2) is 223 Å². The summed E-state index contributed by atoms with van der Waals surface area (Å²) in [5, 5.41) is 2.21. The summed E-state index contributed by atoms with van der Waals surface area (Å²) in [6.45, 7) is 4.72. The highest BCUT2D eigenvalue weighted by atomic mass is 16.3.